The number of aromatic nitrogens is 1. The normalized spacial score (nSPS) is 16.4. The highest BCUT2D eigenvalue weighted by atomic mass is 16.2. The van der Waals surface area contributed by atoms with E-state index in [9.17, 15) is 9.59 Å². The SMILES string of the molecule is NCC1(CC(=O)NCCC(=O)NCc2cccnc2)CCCCC1. The van der Waals surface area contributed by atoms with E-state index in [1.807, 2.05) is 12.1 Å². The summed E-state index contributed by atoms with van der Waals surface area (Å²) in [5.41, 5.74) is 6.83. The first kappa shape index (κ1) is 18.4. The number of rotatable bonds is 8. The molecule has 1 fully saturated rings. The summed E-state index contributed by atoms with van der Waals surface area (Å²) in [6.07, 6.45) is 9.77. The maximum atomic E-state index is 12.1. The molecule has 0 spiro atoms. The van der Waals surface area contributed by atoms with Crippen molar-refractivity contribution in [1.29, 1.82) is 0 Å². The van der Waals surface area contributed by atoms with E-state index in [1.165, 1.54) is 6.42 Å². The van der Waals surface area contributed by atoms with Crippen molar-refractivity contribution in [2.45, 2.75) is 51.5 Å². The predicted octanol–water partition coefficient (Wildman–Crippen LogP) is 1.50. The van der Waals surface area contributed by atoms with Crippen LogP contribution < -0.4 is 16.4 Å². The minimum Gasteiger partial charge on any atom is -0.356 e. The van der Waals surface area contributed by atoms with Crippen LogP contribution in [0.5, 0.6) is 0 Å². The Balaban J connectivity index is 1.64. The number of nitrogens with zero attached hydrogens (tertiary/aromatic N) is 1. The number of carbonyl (C=O) groups is 2. The lowest BCUT2D eigenvalue weighted by Crippen LogP contribution is -2.39. The average Bonchev–Trinajstić information content (AvgIpc) is 2.61. The summed E-state index contributed by atoms with van der Waals surface area (Å²) in [4.78, 5) is 27.9. The standard InChI is InChI=1S/C18H28N4O2/c19-14-18(7-2-1-3-8-18)11-17(24)21-10-6-16(23)22-13-15-5-4-9-20-12-15/h4-5,9,12H,1-3,6-8,10-11,13-14,19H2,(H,21,24)(H,22,23). The van der Waals surface area contributed by atoms with Crippen LogP contribution in [0.3, 0.4) is 0 Å². The molecule has 1 aromatic heterocycles. The van der Waals surface area contributed by atoms with Crippen molar-refractivity contribution in [3.8, 4) is 0 Å². The van der Waals surface area contributed by atoms with Gasteiger partial charge in [-0.05, 0) is 36.4 Å². The highest BCUT2D eigenvalue weighted by Crippen LogP contribution is 2.38. The van der Waals surface area contributed by atoms with Crippen molar-refractivity contribution in [3.05, 3.63) is 30.1 Å². The quantitative estimate of drug-likeness (QED) is 0.672. The first-order valence-corrected chi connectivity index (χ1v) is 8.76. The molecule has 132 valence electrons. The molecular weight excluding hydrogens is 304 g/mol. The molecule has 0 saturated heterocycles. The van der Waals surface area contributed by atoms with Gasteiger partial charge in [-0.1, -0.05) is 25.3 Å². The van der Waals surface area contributed by atoms with Crippen LogP contribution in [0, 0.1) is 5.41 Å². The van der Waals surface area contributed by atoms with E-state index in [1.54, 1.807) is 12.4 Å². The van der Waals surface area contributed by atoms with Crippen molar-refractivity contribution in [3.63, 3.8) is 0 Å². The van der Waals surface area contributed by atoms with E-state index in [-0.39, 0.29) is 23.7 Å². The van der Waals surface area contributed by atoms with Crippen LogP contribution in [-0.2, 0) is 16.1 Å². The lowest BCUT2D eigenvalue weighted by atomic mass is 9.71. The zero-order chi connectivity index (χ0) is 17.3. The lowest BCUT2D eigenvalue weighted by molar-refractivity contribution is -0.124. The summed E-state index contributed by atoms with van der Waals surface area (Å²) in [6.45, 7) is 1.38. The maximum Gasteiger partial charge on any atom is 0.222 e. The molecule has 1 aromatic rings. The van der Waals surface area contributed by atoms with Gasteiger partial charge in [-0.25, -0.2) is 0 Å². The average molecular weight is 332 g/mol. The Kier molecular flexibility index (Phi) is 7.18. The zero-order valence-corrected chi connectivity index (χ0v) is 14.2. The maximum absolute atomic E-state index is 12.1. The number of pyridine rings is 1. The Labute approximate surface area is 143 Å². The van der Waals surface area contributed by atoms with E-state index in [0.717, 1.165) is 31.2 Å². The Bertz CT molecular complexity index is 527. The molecule has 1 aliphatic carbocycles. The number of hydrogen-bond donors (Lipinski definition) is 3. The molecule has 6 heteroatoms. The molecule has 1 saturated carbocycles. The van der Waals surface area contributed by atoms with Crippen LogP contribution >= 0.6 is 0 Å². The van der Waals surface area contributed by atoms with Crippen molar-refractivity contribution >= 4 is 11.8 Å². The number of hydrogen-bond acceptors (Lipinski definition) is 4. The Morgan fingerprint density at radius 1 is 1.17 bits per heavy atom. The van der Waals surface area contributed by atoms with Gasteiger partial charge < -0.3 is 16.4 Å². The van der Waals surface area contributed by atoms with Crippen molar-refractivity contribution in [2.24, 2.45) is 11.1 Å². The molecule has 1 aliphatic rings. The highest BCUT2D eigenvalue weighted by Gasteiger charge is 2.32. The van der Waals surface area contributed by atoms with Crippen molar-refractivity contribution in [2.75, 3.05) is 13.1 Å². The van der Waals surface area contributed by atoms with Crippen molar-refractivity contribution in [1.82, 2.24) is 15.6 Å². The van der Waals surface area contributed by atoms with Gasteiger partial charge in [0, 0.05) is 38.3 Å². The zero-order valence-electron chi connectivity index (χ0n) is 14.2. The summed E-state index contributed by atoms with van der Waals surface area (Å²) in [5.74, 6) is -0.0761. The second-order valence-electron chi connectivity index (χ2n) is 6.68. The number of nitrogens with one attached hydrogen (secondary N) is 2. The van der Waals surface area contributed by atoms with E-state index < -0.39 is 0 Å². The third-order valence-electron chi connectivity index (χ3n) is 4.77. The van der Waals surface area contributed by atoms with Gasteiger partial charge in [0.25, 0.3) is 0 Å². The molecule has 0 radical (unpaired) electrons. The highest BCUT2D eigenvalue weighted by molar-refractivity contribution is 5.79. The molecule has 2 amide bonds. The molecule has 1 heterocycles. The van der Waals surface area contributed by atoms with Crippen molar-refractivity contribution < 1.29 is 9.59 Å². The van der Waals surface area contributed by atoms with Crippen LogP contribution in [0.25, 0.3) is 0 Å². The van der Waals surface area contributed by atoms with Gasteiger partial charge >= 0.3 is 0 Å². The van der Waals surface area contributed by atoms with E-state index in [2.05, 4.69) is 15.6 Å². The first-order chi connectivity index (χ1) is 11.6. The van der Waals surface area contributed by atoms with Crippen LogP contribution in [0.4, 0.5) is 0 Å². The Morgan fingerprint density at radius 3 is 2.62 bits per heavy atom. The summed E-state index contributed by atoms with van der Waals surface area (Å²) in [5, 5.41) is 5.67. The van der Waals surface area contributed by atoms with Crippen LogP contribution in [-0.4, -0.2) is 29.9 Å². The summed E-state index contributed by atoms with van der Waals surface area (Å²) in [7, 11) is 0. The monoisotopic (exact) mass is 332 g/mol. The van der Waals surface area contributed by atoms with Crippen LogP contribution in [0.1, 0.15) is 50.5 Å². The Hall–Kier alpha value is -1.95. The van der Waals surface area contributed by atoms with Gasteiger partial charge in [-0.2, -0.15) is 0 Å². The van der Waals surface area contributed by atoms with Gasteiger partial charge in [-0.3, -0.25) is 14.6 Å². The van der Waals surface area contributed by atoms with E-state index >= 15 is 0 Å². The largest absolute Gasteiger partial charge is 0.356 e. The minimum atomic E-state index is -0.0784. The molecule has 6 nitrogen and oxygen atoms in total. The molecule has 2 rings (SSSR count). The van der Waals surface area contributed by atoms with E-state index in [0.29, 0.717) is 26.1 Å². The summed E-state index contributed by atoms with van der Waals surface area (Å²) in [6, 6.07) is 3.74. The van der Waals surface area contributed by atoms with E-state index in [4.69, 9.17) is 5.73 Å². The lowest BCUT2D eigenvalue weighted by Gasteiger charge is -2.35. The van der Waals surface area contributed by atoms with Gasteiger partial charge in [0.05, 0.1) is 0 Å². The molecule has 24 heavy (non-hydrogen) atoms. The Morgan fingerprint density at radius 2 is 1.96 bits per heavy atom. The molecule has 0 aromatic carbocycles. The minimum absolute atomic E-state index is 0.00223. The van der Waals surface area contributed by atoms with Crippen LogP contribution in [0.15, 0.2) is 24.5 Å². The fourth-order valence-corrected chi connectivity index (χ4v) is 3.27. The van der Waals surface area contributed by atoms with Gasteiger partial charge in [-0.15, -0.1) is 0 Å². The number of carbonyl (C=O) groups excluding carboxylic acids is 2. The third kappa shape index (κ3) is 5.92. The summed E-state index contributed by atoms with van der Waals surface area (Å²) < 4.78 is 0. The molecular formula is C18H28N4O2. The summed E-state index contributed by atoms with van der Waals surface area (Å²) >= 11 is 0. The molecule has 0 unspecified atom stereocenters. The fourth-order valence-electron chi connectivity index (χ4n) is 3.27. The molecule has 4 N–H and O–H groups in total. The number of nitrogens with two attached hydrogens (primary N) is 1. The molecule has 0 atom stereocenters. The molecule has 0 bridgehead atoms. The second-order valence-corrected chi connectivity index (χ2v) is 6.68. The predicted molar refractivity (Wildman–Crippen MR) is 92.9 cm³/mol. The number of amides is 2. The topological polar surface area (TPSA) is 97.1 Å². The fraction of sp³-hybridized carbons (Fsp3) is 0.611. The van der Waals surface area contributed by atoms with Gasteiger partial charge in [0.15, 0.2) is 0 Å². The smallest absolute Gasteiger partial charge is 0.222 e. The van der Waals surface area contributed by atoms with Gasteiger partial charge in [0.2, 0.25) is 11.8 Å². The molecule has 0 aliphatic heterocycles. The first-order valence-electron chi connectivity index (χ1n) is 8.76. The van der Waals surface area contributed by atoms with Gasteiger partial charge in [0.1, 0.15) is 0 Å². The van der Waals surface area contributed by atoms with Crippen LogP contribution in [0.2, 0.25) is 0 Å². The second kappa shape index (κ2) is 9.37. The third-order valence-corrected chi connectivity index (χ3v) is 4.77.